The molecule has 0 N–H and O–H groups in total. The number of non-ortho nitro benzene ring substituents is 1. The molecule has 0 aliphatic heterocycles. The maximum Gasteiger partial charge on any atom is 0.269 e. The quantitative estimate of drug-likeness (QED) is 0.586. The van der Waals surface area contributed by atoms with Crippen molar-refractivity contribution in [1.29, 1.82) is 0 Å². The van der Waals surface area contributed by atoms with E-state index < -0.39 is 4.92 Å². The Labute approximate surface area is 91.8 Å². The molecule has 0 aliphatic rings. The summed E-state index contributed by atoms with van der Waals surface area (Å²) in [6, 6.07) is 8.03. The second-order valence-electron chi connectivity index (χ2n) is 3.34. The largest absolute Gasteiger partial charge is 0.356 e. The fourth-order valence-corrected chi connectivity index (χ4v) is 1.36. The normalized spacial score (nSPS) is 10.3. The molecule has 82 valence electrons. The number of aromatic nitrogens is 1. The van der Waals surface area contributed by atoms with Gasteiger partial charge in [-0.3, -0.25) is 10.1 Å². The standard InChI is InChI=1S/C11H10N2O3/c1-2-9-7-11(16-12-9)8-3-5-10(6-4-8)13(14)15/h3-7H,2H2,1H3. The fourth-order valence-electron chi connectivity index (χ4n) is 1.36. The highest BCUT2D eigenvalue weighted by atomic mass is 16.6. The van der Waals surface area contributed by atoms with Gasteiger partial charge < -0.3 is 4.52 Å². The fraction of sp³-hybridized carbons (Fsp3) is 0.182. The Hall–Kier alpha value is -2.17. The second-order valence-corrected chi connectivity index (χ2v) is 3.34. The van der Waals surface area contributed by atoms with Crippen LogP contribution in [-0.2, 0) is 6.42 Å². The zero-order chi connectivity index (χ0) is 11.5. The summed E-state index contributed by atoms with van der Waals surface area (Å²) >= 11 is 0. The Kier molecular flexibility index (Phi) is 2.68. The van der Waals surface area contributed by atoms with Crippen LogP contribution in [0.15, 0.2) is 34.9 Å². The number of nitrogens with zero attached hydrogens (tertiary/aromatic N) is 2. The summed E-state index contributed by atoms with van der Waals surface area (Å²) < 4.78 is 5.12. The van der Waals surface area contributed by atoms with E-state index in [4.69, 9.17) is 4.52 Å². The summed E-state index contributed by atoms with van der Waals surface area (Å²) in [5.74, 6) is 0.631. The third-order valence-electron chi connectivity index (χ3n) is 2.28. The zero-order valence-corrected chi connectivity index (χ0v) is 8.71. The highest BCUT2D eigenvalue weighted by Gasteiger charge is 2.08. The minimum atomic E-state index is -0.429. The van der Waals surface area contributed by atoms with Crippen molar-refractivity contribution in [2.75, 3.05) is 0 Å². The molecule has 1 heterocycles. The van der Waals surface area contributed by atoms with Gasteiger partial charge in [-0.1, -0.05) is 12.1 Å². The SMILES string of the molecule is CCc1cc(-c2ccc([N+](=O)[O-])cc2)on1. The Morgan fingerprint density at radius 2 is 2.06 bits per heavy atom. The average molecular weight is 218 g/mol. The van der Waals surface area contributed by atoms with Crippen molar-refractivity contribution in [3.05, 3.63) is 46.1 Å². The molecule has 1 aromatic carbocycles. The summed E-state index contributed by atoms with van der Waals surface area (Å²) in [6.45, 7) is 1.98. The van der Waals surface area contributed by atoms with Crippen LogP contribution < -0.4 is 0 Å². The number of hydrogen-bond acceptors (Lipinski definition) is 4. The minimum Gasteiger partial charge on any atom is -0.356 e. The van der Waals surface area contributed by atoms with E-state index in [0.29, 0.717) is 5.76 Å². The molecule has 0 amide bonds. The topological polar surface area (TPSA) is 69.2 Å². The predicted octanol–water partition coefficient (Wildman–Crippen LogP) is 2.81. The molecule has 1 aromatic heterocycles. The molecule has 0 fully saturated rings. The van der Waals surface area contributed by atoms with Crippen LogP contribution in [0.25, 0.3) is 11.3 Å². The summed E-state index contributed by atoms with van der Waals surface area (Å²) in [6.07, 6.45) is 0.802. The maximum absolute atomic E-state index is 10.5. The summed E-state index contributed by atoms with van der Waals surface area (Å²) in [5.41, 5.74) is 1.73. The smallest absolute Gasteiger partial charge is 0.269 e. The van der Waals surface area contributed by atoms with Gasteiger partial charge in [0.05, 0.1) is 10.6 Å². The second kappa shape index (κ2) is 4.14. The molecular formula is C11H10N2O3. The van der Waals surface area contributed by atoms with E-state index >= 15 is 0 Å². The van der Waals surface area contributed by atoms with Gasteiger partial charge in [0.2, 0.25) is 0 Å². The summed E-state index contributed by atoms with van der Waals surface area (Å²) in [4.78, 5) is 10.0. The molecule has 0 saturated carbocycles. The number of nitro groups is 1. The molecule has 5 heteroatoms. The van der Waals surface area contributed by atoms with Crippen molar-refractivity contribution in [3.8, 4) is 11.3 Å². The first-order valence-electron chi connectivity index (χ1n) is 4.91. The first kappa shape index (κ1) is 10.4. The molecule has 0 aliphatic carbocycles. The zero-order valence-electron chi connectivity index (χ0n) is 8.71. The molecule has 0 saturated heterocycles. The van der Waals surface area contributed by atoms with E-state index in [1.165, 1.54) is 12.1 Å². The lowest BCUT2D eigenvalue weighted by Gasteiger charge is -1.94. The number of rotatable bonds is 3. The molecule has 0 bridgehead atoms. The van der Waals surface area contributed by atoms with Crippen LogP contribution in [0.5, 0.6) is 0 Å². The van der Waals surface area contributed by atoms with Crippen molar-refractivity contribution in [1.82, 2.24) is 5.16 Å². The number of nitro benzene ring substituents is 1. The van der Waals surface area contributed by atoms with Crippen LogP contribution in [0.4, 0.5) is 5.69 Å². The molecule has 2 aromatic rings. The van der Waals surface area contributed by atoms with Crippen LogP contribution in [0, 0.1) is 10.1 Å². The molecule has 0 atom stereocenters. The van der Waals surface area contributed by atoms with Crippen LogP contribution in [0.2, 0.25) is 0 Å². The van der Waals surface area contributed by atoms with Gasteiger partial charge in [0, 0.05) is 23.8 Å². The van der Waals surface area contributed by atoms with Crippen molar-refractivity contribution in [2.24, 2.45) is 0 Å². The molecular weight excluding hydrogens is 208 g/mol. The average Bonchev–Trinajstić information content (AvgIpc) is 2.77. The lowest BCUT2D eigenvalue weighted by atomic mass is 10.1. The maximum atomic E-state index is 10.5. The van der Waals surface area contributed by atoms with Gasteiger partial charge in [-0.05, 0) is 18.6 Å². The summed E-state index contributed by atoms with van der Waals surface area (Å²) in [7, 11) is 0. The highest BCUT2D eigenvalue weighted by Crippen LogP contribution is 2.23. The van der Waals surface area contributed by atoms with Gasteiger partial charge in [-0.2, -0.15) is 0 Å². The molecule has 0 spiro atoms. The van der Waals surface area contributed by atoms with Crippen molar-refractivity contribution < 1.29 is 9.45 Å². The summed E-state index contributed by atoms with van der Waals surface area (Å²) in [5, 5.41) is 14.3. The van der Waals surface area contributed by atoms with E-state index in [9.17, 15) is 10.1 Å². The Morgan fingerprint density at radius 3 is 2.56 bits per heavy atom. The first-order valence-corrected chi connectivity index (χ1v) is 4.91. The molecule has 0 radical (unpaired) electrons. The van der Waals surface area contributed by atoms with E-state index in [0.717, 1.165) is 17.7 Å². The van der Waals surface area contributed by atoms with Gasteiger partial charge in [0.25, 0.3) is 5.69 Å². The van der Waals surface area contributed by atoms with Gasteiger partial charge in [0.1, 0.15) is 0 Å². The molecule has 2 rings (SSSR count). The van der Waals surface area contributed by atoms with Crippen molar-refractivity contribution in [2.45, 2.75) is 13.3 Å². The first-order chi connectivity index (χ1) is 7.70. The van der Waals surface area contributed by atoms with E-state index in [-0.39, 0.29) is 5.69 Å². The van der Waals surface area contributed by atoms with Gasteiger partial charge in [-0.25, -0.2) is 0 Å². The Morgan fingerprint density at radius 1 is 1.38 bits per heavy atom. The molecule has 0 unspecified atom stereocenters. The third kappa shape index (κ3) is 1.93. The Balaban J connectivity index is 2.30. The van der Waals surface area contributed by atoms with Crippen molar-refractivity contribution in [3.63, 3.8) is 0 Å². The van der Waals surface area contributed by atoms with E-state index in [2.05, 4.69) is 5.16 Å². The molecule has 16 heavy (non-hydrogen) atoms. The third-order valence-corrected chi connectivity index (χ3v) is 2.28. The Bertz CT molecular complexity index is 502. The number of benzene rings is 1. The van der Waals surface area contributed by atoms with Gasteiger partial charge in [-0.15, -0.1) is 0 Å². The lowest BCUT2D eigenvalue weighted by Crippen LogP contribution is -1.86. The van der Waals surface area contributed by atoms with Crippen molar-refractivity contribution >= 4 is 5.69 Å². The van der Waals surface area contributed by atoms with Crippen LogP contribution in [-0.4, -0.2) is 10.1 Å². The van der Waals surface area contributed by atoms with Gasteiger partial charge >= 0.3 is 0 Å². The lowest BCUT2D eigenvalue weighted by molar-refractivity contribution is -0.384. The van der Waals surface area contributed by atoms with Crippen LogP contribution in [0.3, 0.4) is 0 Å². The number of aryl methyl sites for hydroxylation is 1. The predicted molar refractivity (Wildman–Crippen MR) is 58.0 cm³/mol. The monoisotopic (exact) mass is 218 g/mol. The highest BCUT2D eigenvalue weighted by molar-refractivity contribution is 5.59. The van der Waals surface area contributed by atoms with E-state index in [1.807, 2.05) is 13.0 Å². The minimum absolute atomic E-state index is 0.0685. The van der Waals surface area contributed by atoms with Gasteiger partial charge in [0.15, 0.2) is 5.76 Å². The van der Waals surface area contributed by atoms with Crippen LogP contribution in [0.1, 0.15) is 12.6 Å². The number of hydrogen-bond donors (Lipinski definition) is 0. The van der Waals surface area contributed by atoms with E-state index in [1.54, 1.807) is 12.1 Å². The van der Waals surface area contributed by atoms with Crippen LogP contribution >= 0.6 is 0 Å². The molecule has 5 nitrogen and oxygen atoms in total.